The van der Waals surface area contributed by atoms with Crippen molar-refractivity contribution in [2.45, 2.75) is 33.1 Å². The van der Waals surface area contributed by atoms with E-state index in [-0.39, 0.29) is 0 Å². The van der Waals surface area contributed by atoms with Crippen molar-refractivity contribution >= 4 is 5.78 Å². The quantitative estimate of drug-likeness (QED) is 0.435. The first kappa shape index (κ1) is 10.2. The summed E-state index contributed by atoms with van der Waals surface area (Å²) in [6.45, 7) is 7.88. The van der Waals surface area contributed by atoms with E-state index in [9.17, 15) is 4.79 Å². The fourth-order valence-electron chi connectivity index (χ4n) is 0.693. The van der Waals surface area contributed by atoms with Crippen LogP contribution in [-0.2, 0) is 9.53 Å². The zero-order chi connectivity index (χ0) is 8.69. The summed E-state index contributed by atoms with van der Waals surface area (Å²) >= 11 is 0. The van der Waals surface area contributed by atoms with E-state index in [1.807, 2.05) is 13.8 Å². The van der Waals surface area contributed by atoms with Crippen molar-refractivity contribution < 1.29 is 9.53 Å². The van der Waals surface area contributed by atoms with Crippen LogP contribution in [0, 0.1) is 0 Å². The first-order valence-electron chi connectivity index (χ1n) is 3.96. The summed E-state index contributed by atoms with van der Waals surface area (Å²) in [6.07, 6.45) is 2.07. The van der Waals surface area contributed by atoms with Gasteiger partial charge < -0.3 is 4.74 Å². The lowest BCUT2D eigenvalue weighted by Crippen LogP contribution is -1.98. The molecular formula is C9H16O2. The number of Topliss-reactive ketones (excluding diaryl/α,β-unsaturated/α-hetero) is 1. The highest BCUT2D eigenvalue weighted by atomic mass is 16.5. The average Bonchev–Trinajstić information content (AvgIpc) is 1.97. The number of hydrogen-bond acceptors (Lipinski definition) is 2. The predicted molar refractivity (Wildman–Crippen MR) is 45.3 cm³/mol. The van der Waals surface area contributed by atoms with Crippen LogP contribution in [0.1, 0.15) is 33.1 Å². The van der Waals surface area contributed by atoms with Crippen LogP contribution in [0.5, 0.6) is 0 Å². The lowest BCUT2D eigenvalue weighted by atomic mass is 10.2. The number of ketones is 1. The third-order valence-electron chi connectivity index (χ3n) is 1.34. The third-order valence-corrected chi connectivity index (χ3v) is 1.34. The van der Waals surface area contributed by atoms with E-state index in [0.29, 0.717) is 31.0 Å². The molecule has 0 saturated heterocycles. The Morgan fingerprint density at radius 2 is 2.18 bits per heavy atom. The lowest BCUT2D eigenvalue weighted by molar-refractivity contribution is -0.119. The molecule has 0 saturated carbocycles. The Morgan fingerprint density at radius 3 is 2.64 bits per heavy atom. The minimum absolute atomic E-state index is 0.301. The molecule has 0 amide bonds. The maximum Gasteiger partial charge on any atom is 0.132 e. The number of hydrogen-bond donors (Lipinski definition) is 0. The van der Waals surface area contributed by atoms with E-state index >= 15 is 0 Å². The number of carbonyl (C=O) groups excluding carboxylic acids is 1. The molecule has 0 atom stereocenters. The Labute approximate surface area is 68.2 Å². The first-order valence-corrected chi connectivity index (χ1v) is 3.96. The third kappa shape index (κ3) is 7.10. The molecule has 11 heavy (non-hydrogen) atoms. The number of rotatable bonds is 6. The van der Waals surface area contributed by atoms with E-state index in [2.05, 4.69) is 6.58 Å². The highest BCUT2D eigenvalue weighted by Gasteiger charge is 1.96. The van der Waals surface area contributed by atoms with Gasteiger partial charge in [0.05, 0.1) is 12.4 Å². The van der Waals surface area contributed by atoms with Crippen molar-refractivity contribution in [1.82, 2.24) is 0 Å². The van der Waals surface area contributed by atoms with Crippen molar-refractivity contribution in [1.29, 1.82) is 0 Å². The maximum absolute atomic E-state index is 10.8. The SMILES string of the molecule is C=C(C)OCCCC(=O)CC. The molecule has 0 rings (SSSR count). The number of ether oxygens (including phenoxy) is 1. The van der Waals surface area contributed by atoms with Crippen molar-refractivity contribution in [3.63, 3.8) is 0 Å². The largest absolute Gasteiger partial charge is 0.499 e. The Balaban J connectivity index is 3.14. The molecular weight excluding hydrogens is 140 g/mol. The van der Waals surface area contributed by atoms with Crippen LogP contribution in [-0.4, -0.2) is 12.4 Å². The van der Waals surface area contributed by atoms with E-state index in [4.69, 9.17) is 4.74 Å². The van der Waals surface area contributed by atoms with Crippen LogP contribution in [0.4, 0.5) is 0 Å². The van der Waals surface area contributed by atoms with E-state index in [0.717, 1.165) is 6.42 Å². The van der Waals surface area contributed by atoms with Crippen LogP contribution >= 0.6 is 0 Å². The molecule has 2 heteroatoms. The molecule has 0 aliphatic carbocycles. The monoisotopic (exact) mass is 156 g/mol. The number of carbonyl (C=O) groups is 1. The van der Waals surface area contributed by atoms with Gasteiger partial charge >= 0.3 is 0 Å². The van der Waals surface area contributed by atoms with Gasteiger partial charge in [0.2, 0.25) is 0 Å². The highest BCUT2D eigenvalue weighted by Crippen LogP contribution is 1.98. The molecule has 0 spiro atoms. The second-order valence-electron chi connectivity index (χ2n) is 2.55. The highest BCUT2D eigenvalue weighted by molar-refractivity contribution is 5.77. The van der Waals surface area contributed by atoms with Crippen LogP contribution in [0.15, 0.2) is 12.3 Å². The molecule has 0 heterocycles. The van der Waals surface area contributed by atoms with Gasteiger partial charge in [0.1, 0.15) is 5.78 Å². The molecule has 0 aromatic carbocycles. The zero-order valence-electron chi connectivity index (χ0n) is 7.35. The summed E-state index contributed by atoms with van der Waals surface area (Å²) in [6, 6.07) is 0. The molecule has 0 radical (unpaired) electrons. The molecule has 0 N–H and O–H groups in total. The Hall–Kier alpha value is -0.790. The van der Waals surface area contributed by atoms with Crippen molar-refractivity contribution in [3.05, 3.63) is 12.3 Å². The summed E-state index contributed by atoms with van der Waals surface area (Å²) in [5.74, 6) is 1.02. The maximum atomic E-state index is 10.8. The first-order chi connectivity index (χ1) is 5.16. The van der Waals surface area contributed by atoms with Gasteiger partial charge in [-0.3, -0.25) is 4.79 Å². The lowest BCUT2D eigenvalue weighted by Gasteiger charge is -2.02. The summed E-state index contributed by atoms with van der Waals surface area (Å²) in [5, 5.41) is 0. The minimum Gasteiger partial charge on any atom is -0.499 e. The zero-order valence-corrected chi connectivity index (χ0v) is 7.35. The molecule has 0 unspecified atom stereocenters. The number of allylic oxidation sites excluding steroid dienone is 1. The standard InChI is InChI=1S/C9H16O2/c1-4-9(10)6-5-7-11-8(2)3/h2,4-7H2,1,3H3. The summed E-state index contributed by atoms with van der Waals surface area (Å²) in [5.41, 5.74) is 0. The molecule has 0 aliphatic rings. The molecule has 0 bridgehead atoms. The fraction of sp³-hybridized carbons (Fsp3) is 0.667. The van der Waals surface area contributed by atoms with Gasteiger partial charge in [-0.2, -0.15) is 0 Å². The molecule has 64 valence electrons. The second kappa shape index (κ2) is 5.96. The summed E-state index contributed by atoms with van der Waals surface area (Å²) in [7, 11) is 0. The van der Waals surface area contributed by atoms with Crippen molar-refractivity contribution in [2.24, 2.45) is 0 Å². The Morgan fingerprint density at radius 1 is 1.55 bits per heavy atom. The van der Waals surface area contributed by atoms with Gasteiger partial charge in [0.25, 0.3) is 0 Å². The predicted octanol–water partition coefficient (Wildman–Crippen LogP) is 2.30. The van der Waals surface area contributed by atoms with Crippen LogP contribution in [0.3, 0.4) is 0 Å². The van der Waals surface area contributed by atoms with Gasteiger partial charge in [0, 0.05) is 12.8 Å². The normalized spacial score (nSPS) is 9.27. The van der Waals surface area contributed by atoms with E-state index < -0.39 is 0 Å². The van der Waals surface area contributed by atoms with E-state index in [1.54, 1.807) is 0 Å². The van der Waals surface area contributed by atoms with Crippen molar-refractivity contribution in [3.8, 4) is 0 Å². The topological polar surface area (TPSA) is 26.3 Å². The molecule has 0 fully saturated rings. The fourth-order valence-corrected chi connectivity index (χ4v) is 0.693. The van der Waals surface area contributed by atoms with Crippen molar-refractivity contribution in [2.75, 3.05) is 6.61 Å². The minimum atomic E-state index is 0.301. The molecule has 2 nitrogen and oxygen atoms in total. The van der Waals surface area contributed by atoms with Crippen LogP contribution in [0.2, 0.25) is 0 Å². The van der Waals surface area contributed by atoms with Gasteiger partial charge in [-0.05, 0) is 13.3 Å². The van der Waals surface area contributed by atoms with Crippen LogP contribution in [0.25, 0.3) is 0 Å². The van der Waals surface area contributed by atoms with Gasteiger partial charge in [0.15, 0.2) is 0 Å². The van der Waals surface area contributed by atoms with Gasteiger partial charge in [-0.25, -0.2) is 0 Å². The average molecular weight is 156 g/mol. The Kier molecular flexibility index (Phi) is 5.53. The molecule has 0 aromatic rings. The summed E-state index contributed by atoms with van der Waals surface area (Å²) < 4.78 is 5.09. The Bertz CT molecular complexity index is 138. The van der Waals surface area contributed by atoms with E-state index in [1.165, 1.54) is 0 Å². The smallest absolute Gasteiger partial charge is 0.132 e. The second-order valence-corrected chi connectivity index (χ2v) is 2.55. The van der Waals surface area contributed by atoms with Crippen LogP contribution < -0.4 is 0 Å². The van der Waals surface area contributed by atoms with Gasteiger partial charge in [-0.15, -0.1) is 0 Å². The molecule has 0 aliphatic heterocycles. The molecule has 0 aromatic heterocycles. The summed E-state index contributed by atoms with van der Waals surface area (Å²) in [4.78, 5) is 10.8. The van der Waals surface area contributed by atoms with Gasteiger partial charge in [-0.1, -0.05) is 13.5 Å².